The maximum atomic E-state index is 10.6. The largest absolute Gasteiger partial charge is 0.369 e. The molecule has 2 rings (SSSR count). The Hall–Kier alpha value is -1.65. The molecule has 5 heteroatoms. The number of hydrogen-bond acceptors (Lipinski definition) is 4. The second-order valence-electron chi connectivity index (χ2n) is 4.67. The van der Waals surface area contributed by atoms with E-state index >= 15 is 0 Å². The maximum absolute atomic E-state index is 10.6. The van der Waals surface area contributed by atoms with Gasteiger partial charge in [-0.3, -0.25) is 10.1 Å². The summed E-state index contributed by atoms with van der Waals surface area (Å²) in [5.41, 5.74) is 0.419. The van der Waals surface area contributed by atoms with Crippen molar-refractivity contribution < 1.29 is 4.92 Å². The lowest BCUT2D eigenvalue weighted by Crippen LogP contribution is -2.33. The van der Waals surface area contributed by atoms with Gasteiger partial charge >= 0.3 is 0 Å². The van der Waals surface area contributed by atoms with Crippen LogP contribution in [0, 0.1) is 15.5 Å². The van der Waals surface area contributed by atoms with Crippen molar-refractivity contribution in [3.05, 3.63) is 28.4 Å². The second-order valence-corrected chi connectivity index (χ2v) is 4.67. The molecule has 0 spiro atoms. The number of pyridine rings is 1. The van der Waals surface area contributed by atoms with Crippen molar-refractivity contribution in [2.75, 3.05) is 11.9 Å². The second kappa shape index (κ2) is 4.08. The smallest absolute Gasteiger partial charge is 0.274 e. The molecule has 0 unspecified atom stereocenters. The normalized spacial score (nSPS) is 17.6. The van der Waals surface area contributed by atoms with Crippen molar-refractivity contribution in [1.29, 1.82) is 0 Å². The first-order chi connectivity index (χ1) is 7.59. The molecule has 1 saturated carbocycles. The first-order valence-electron chi connectivity index (χ1n) is 5.43. The Balaban J connectivity index is 1.98. The number of nitrogens with one attached hydrogen (secondary N) is 1. The molecule has 1 fully saturated rings. The van der Waals surface area contributed by atoms with Crippen molar-refractivity contribution in [2.24, 2.45) is 5.41 Å². The summed E-state index contributed by atoms with van der Waals surface area (Å²) < 4.78 is 0. The van der Waals surface area contributed by atoms with Crippen LogP contribution in [-0.2, 0) is 0 Å². The first kappa shape index (κ1) is 10.9. The molecule has 1 aromatic heterocycles. The molecule has 0 amide bonds. The molecular weight excluding hydrogens is 206 g/mol. The van der Waals surface area contributed by atoms with Crippen LogP contribution in [-0.4, -0.2) is 16.5 Å². The van der Waals surface area contributed by atoms with Crippen molar-refractivity contribution in [1.82, 2.24) is 4.98 Å². The fourth-order valence-corrected chi connectivity index (χ4v) is 1.89. The van der Waals surface area contributed by atoms with Gasteiger partial charge in [0.2, 0.25) is 0 Å². The predicted octanol–water partition coefficient (Wildman–Crippen LogP) is 2.59. The Morgan fingerprint density at radius 2 is 2.38 bits per heavy atom. The molecule has 0 radical (unpaired) electrons. The van der Waals surface area contributed by atoms with Crippen molar-refractivity contribution in [3.63, 3.8) is 0 Å². The summed E-state index contributed by atoms with van der Waals surface area (Å²) in [5, 5.41) is 13.7. The monoisotopic (exact) mass is 221 g/mol. The van der Waals surface area contributed by atoms with Gasteiger partial charge in [0.1, 0.15) is 5.82 Å². The van der Waals surface area contributed by atoms with E-state index in [-0.39, 0.29) is 5.69 Å². The zero-order chi connectivity index (χ0) is 11.6. The molecular formula is C11H15N3O2. The van der Waals surface area contributed by atoms with Crippen LogP contribution in [0.5, 0.6) is 0 Å². The highest BCUT2D eigenvalue weighted by Gasteiger charge is 2.31. The number of nitrogens with zero attached hydrogens (tertiary/aromatic N) is 2. The van der Waals surface area contributed by atoms with Crippen LogP contribution >= 0.6 is 0 Å². The molecule has 0 atom stereocenters. The minimum atomic E-state index is -0.405. The third-order valence-electron chi connectivity index (χ3n) is 3.21. The highest BCUT2D eigenvalue weighted by molar-refractivity contribution is 5.44. The number of aromatic nitrogens is 1. The lowest BCUT2D eigenvalue weighted by atomic mass is 9.70. The molecule has 1 aliphatic rings. The molecule has 0 aromatic carbocycles. The Morgan fingerprint density at radius 3 is 2.94 bits per heavy atom. The fourth-order valence-electron chi connectivity index (χ4n) is 1.89. The highest BCUT2D eigenvalue weighted by atomic mass is 16.6. The van der Waals surface area contributed by atoms with Crippen LogP contribution in [0.1, 0.15) is 26.2 Å². The zero-order valence-corrected chi connectivity index (χ0v) is 9.27. The molecule has 1 N–H and O–H groups in total. The molecule has 1 aromatic rings. The highest BCUT2D eigenvalue weighted by Crippen LogP contribution is 2.40. The van der Waals surface area contributed by atoms with Gasteiger partial charge in [0, 0.05) is 18.8 Å². The van der Waals surface area contributed by atoms with Gasteiger partial charge in [-0.1, -0.05) is 13.3 Å². The molecule has 1 heterocycles. The van der Waals surface area contributed by atoms with Gasteiger partial charge in [0.15, 0.2) is 0 Å². The predicted molar refractivity (Wildman–Crippen MR) is 61.3 cm³/mol. The molecule has 0 aliphatic heterocycles. The van der Waals surface area contributed by atoms with E-state index in [2.05, 4.69) is 17.2 Å². The molecule has 86 valence electrons. The molecule has 0 saturated heterocycles. The average Bonchev–Trinajstić information content (AvgIpc) is 2.24. The summed E-state index contributed by atoms with van der Waals surface area (Å²) in [4.78, 5) is 14.2. The summed E-state index contributed by atoms with van der Waals surface area (Å²) >= 11 is 0. The van der Waals surface area contributed by atoms with Gasteiger partial charge in [-0.25, -0.2) is 4.98 Å². The number of rotatable bonds is 4. The van der Waals surface area contributed by atoms with Crippen molar-refractivity contribution in [3.8, 4) is 0 Å². The number of anilines is 1. The average molecular weight is 221 g/mol. The topological polar surface area (TPSA) is 68.1 Å². The molecule has 16 heavy (non-hydrogen) atoms. The van der Waals surface area contributed by atoms with Gasteiger partial charge in [0.05, 0.1) is 11.0 Å². The van der Waals surface area contributed by atoms with Gasteiger partial charge in [0.25, 0.3) is 5.69 Å². The quantitative estimate of drug-likeness (QED) is 0.626. The summed E-state index contributed by atoms with van der Waals surface area (Å²) in [5.74, 6) is 0.585. The van der Waals surface area contributed by atoms with Gasteiger partial charge in [-0.05, 0) is 18.3 Å². The van der Waals surface area contributed by atoms with E-state index in [1.807, 2.05) is 0 Å². The third kappa shape index (κ3) is 2.29. The minimum Gasteiger partial charge on any atom is -0.369 e. The number of hydrogen-bond donors (Lipinski definition) is 1. The van der Waals surface area contributed by atoms with E-state index in [9.17, 15) is 10.1 Å². The van der Waals surface area contributed by atoms with Crippen LogP contribution in [0.4, 0.5) is 11.5 Å². The Bertz CT molecular complexity index is 402. The van der Waals surface area contributed by atoms with Crippen LogP contribution in [0.15, 0.2) is 18.3 Å². The molecule has 0 bridgehead atoms. The van der Waals surface area contributed by atoms with Gasteiger partial charge in [-0.15, -0.1) is 0 Å². The summed E-state index contributed by atoms with van der Waals surface area (Å²) in [7, 11) is 0. The number of nitro groups is 1. The van der Waals surface area contributed by atoms with E-state index in [1.165, 1.54) is 37.6 Å². The summed E-state index contributed by atoms with van der Waals surface area (Å²) in [6.07, 6.45) is 5.17. The SMILES string of the molecule is CC1(CNc2cc([N+](=O)[O-])ccn2)CCC1. The summed E-state index contributed by atoms with van der Waals surface area (Å²) in [6.45, 7) is 3.06. The van der Waals surface area contributed by atoms with Gasteiger partial charge < -0.3 is 5.32 Å². The van der Waals surface area contributed by atoms with Crippen LogP contribution in [0.25, 0.3) is 0 Å². The van der Waals surface area contributed by atoms with E-state index < -0.39 is 4.92 Å². The fraction of sp³-hybridized carbons (Fsp3) is 0.545. The van der Waals surface area contributed by atoms with Crippen LogP contribution < -0.4 is 5.32 Å². The maximum Gasteiger partial charge on any atom is 0.274 e. The molecule has 1 aliphatic carbocycles. The third-order valence-corrected chi connectivity index (χ3v) is 3.21. The lowest BCUT2D eigenvalue weighted by Gasteiger charge is -2.38. The Morgan fingerprint density at radius 1 is 1.62 bits per heavy atom. The van der Waals surface area contributed by atoms with E-state index in [1.54, 1.807) is 0 Å². The standard InChI is InChI=1S/C11H15N3O2/c1-11(4-2-5-11)8-13-10-7-9(14(15)16)3-6-12-10/h3,6-7H,2,4-5,8H2,1H3,(H,12,13). The van der Waals surface area contributed by atoms with Crippen molar-refractivity contribution >= 4 is 11.5 Å². The van der Waals surface area contributed by atoms with E-state index in [0.717, 1.165) is 6.54 Å². The summed E-state index contributed by atoms with van der Waals surface area (Å²) in [6, 6.07) is 2.87. The minimum absolute atomic E-state index is 0.0799. The van der Waals surface area contributed by atoms with Crippen LogP contribution in [0.3, 0.4) is 0 Å². The Kier molecular flexibility index (Phi) is 2.77. The van der Waals surface area contributed by atoms with E-state index in [4.69, 9.17) is 0 Å². The zero-order valence-electron chi connectivity index (χ0n) is 9.27. The van der Waals surface area contributed by atoms with Crippen LogP contribution in [0.2, 0.25) is 0 Å². The molecule has 5 nitrogen and oxygen atoms in total. The first-order valence-corrected chi connectivity index (χ1v) is 5.43. The Labute approximate surface area is 94.0 Å². The van der Waals surface area contributed by atoms with E-state index in [0.29, 0.717) is 11.2 Å². The van der Waals surface area contributed by atoms with Crippen molar-refractivity contribution in [2.45, 2.75) is 26.2 Å². The van der Waals surface area contributed by atoms with Gasteiger partial charge in [-0.2, -0.15) is 0 Å². The lowest BCUT2D eigenvalue weighted by molar-refractivity contribution is -0.384.